The molecule has 4 heteroatoms. The average Bonchev–Trinajstić information content (AvgIpc) is 2.21. The van der Waals surface area contributed by atoms with E-state index in [0.717, 1.165) is 5.56 Å². The van der Waals surface area contributed by atoms with Crippen molar-refractivity contribution in [2.24, 2.45) is 0 Å². The molecule has 1 aromatic rings. The zero-order valence-corrected chi connectivity index (χ0v) is 9.37. The third-order valence-corrected chi connectivity index (χ3v) is 2.44. The second-order valence-electron chi connectivity index (χ2n) is 3.76. The van der Waals surface area contributed by atoms with Gasteiger partial charge in [-0.15, -0.1) is 0 Å². The molecule has 3 nitrogen and oxygen atoms in total. The third-order valence-electron chi connectivity index (χ3n) is 2.44. The van der Waals surface area contributed by atoms with E-state index in [9.17, 15) is 9.18 Å². The van der Waals surface area contributed by atoms with Crippen LogP contribution in [0.1, 0.15) is 23.5 Å². The topological polar surface area (TPSA) is 46.5 Å². The first-order valence-electron chi connectivity index (χ1n) is 5.01. The zero-order chi connectivity index (χ0) is 12.1. The Morgan fingerprint density at radius 2 is 2.25 bits per heavy atom. The monoisotopic (exact) mass is 226 g/mol. The Bertz CT molecular complexity index is 377. The first-order valence-corrected chi connectivity index (χ1v) is 5.01. The fourth-order valence-corrected chi connectivity index (χ4v) is 1.61. The molecule has 0 aliphatic carbocycles. The van der Waals surface area contributed by atoms with Crippen LogP contribution in [-0.2, 0) is 9.53 Å². The summed E-state index contributed by atoms with van der Waals surface area (Å²) in [6.45, 7) is 1.97. The third kappa shape index (κ3) is 3.31. The van der Waals surface area contributed by atoms with E-state index in [-0.39, 0.29) is 18.2 Å². The van der Waals surface area contributed by atoms with Crippen LogP contribution in [0.4, 0.5) is 4.39 Å². The molecule has 1 atom stereocenters. The standard InChI is InChI=1S/C12H15FO3/c1-8-5-9(3-4-11(8)13)10(7-16-2)6-12(14)15/h3-5,10H,6-7H2,1-2H3,(H,14,15). The number of hydrogen-bond donors (Lipinski definition) is 1. The quantitative estimate of drug-likeness (QED) is 0.838. The van der Waals surface area contributed by atoms with Crippen LogP contribution in [0.25, 0.3) is 0 Å². The molecule has 0 radical (unpaired) electrons. The molecule has 0 aliphatic heterocycles. The summed E-state index contributed by atoms with van der Waals surface area (Å²) in [5.74, 6) is -1.40. The molecular weight excluding hydrogens is 211 g/mol. The molecule has 0 saturated heterocycles. The molecule has 88 valence electrons. The van der Waals surface area contributed by atoms with Gasteiger partial charge in [0, 0.05) is 13.0 Å². The van der Waals surface area contributed by atoms with Crippen LogP contribution >= 0.6 is 0 Å². The summed E-state index contributed by atoms with van der Waals surface area (Å²) in [4.78, 5) is 10.7. The number of carboxylic acids is 1. The van der Waals surface area contributed by atoms with E-state index in [4.69, 9.17) is 9.84 Å². The lowest BCUT2D eigenvalue weighted by Gasteiger charge is -2.14. The summed E-state index contributed by atoms with van der Waals surface area (Å²) >= 11 is 0. The van der Waals surface area contributed by atoms with Gasteiger partial charge in [-0.05, 0) is 24.1 Å². The SMILES string of the molecule is COCC(CC(=O)O)c1ccc(F)c(C)c1. The summed E-state index contributed by atoms with van der Waals surface area (Å²) < 4.78 is 18.0. The number of aryl methyl sites for hydroxylation is 1. The van der Waals surface area contributed by atoms with Crippen molar-refractivity contribution in [1.82, 2.24) is 0 Å². The fraction of sp³-hybridized carbons (Fsp3) is 0.417. The van der Waals surface area contributed by atoms with Crippen molar-refractivity contribution < 1.29 is 19.0 Å². The van der Waals surface area contributed by atoms with Crippen LogP contribution in [0, 0.1) is 12.7 Å². The van der Waals surface area contributed by atoms with Crippen LogP contribution in [0.2, 0.25) is 0 Å². The van der Waals surface area contributed by atoms with Gasteiger partial charge in [0.1, 0.15) is 5.82 Å². The van der Waals surface area contributed by atoms with Crippen molar-refractivity contribution in [3.8, 4) is 0 Å². The molecule has 0 fully saturated rings. The first-order chi connectivity index (χ1) is 7.54. The number of hydrogen-bond acceptors (Lipinski definition) is 2. The Morgan fingerprint density at radius 3 is 2.75 bits per heavy atom. The van der Waals surface area contributed by atoms with Crippen LogP contribution < -0.4 is 0 Å². The average molecular weight is 226 g/mol. The van der Waals surface area contributed by atoms with E-state index < -0.39 is 5.97 Å². The summed E-state index contributed by atoms with van der Waals surface area (Å²) in [5, 5.41) is 8.77. The van der Waals surface area contributed by atoms with Crippen molar-refractivity contribution >= 4 is 5.97 Å². The number of rotatable bonds is 5. The van der Waals surface area contributed by atoms with Gasteiger partial charge < -0.3 is 9.84 Å². The molecule has 0 aromatic heterocycles. The van der Waals surface area contributed by atoms with Crippen molar-refractivity contribution in [1.29, 1.82) is 0 Å². The minimum atomic E-state index is -0.885. The molecule has 0 heterocycles. The van der Waals surface area contributed by atoms with Gasteiger partial charge in [-0.25, -0.2) is 4.39 Å². The highest BCUT2D eigenvalue weighted by Crippen LogP contribution is 2.22. The van der Waals surface area contributed by atoms with Crippen LogP contribution in [0.15, 0.2) is 18.2 Å². The maximum absolute atomic E-state index is 13.1. The van der Waals surface area contributed by atoms with E-state index in [1.807, 2.05) is 0 Å². The lowest BCUT2D eigenvalue weighted by atomic mass is 9.95. The lowest BCUT2D eigenvalue weighted by Crippen LogP contribution is -2.12. The van der Waals surface area contributed by atoms with Gasteiger partial charge in [-0.3, -0.25) is 4.79 Å². The Balaban J connectivity index is 2.91. The summed E-state index contributed by atoms with van der Waals surface area (Å²) in [6.07, 6.45) is -0.0150. The van der Waals surface area contributed by atoms with Crippen molar-refractivity contribution in [2.75, 3.05) is 13.7 Å². The van der Waals surface area contributed by atoms with E-state index in [1.54, 1.807) is 19.1 Å². The van der Waals surface area contributed by atoms with E-state index in [2.05, 4.69) is 0 Å². The van der Waals surface area contributed by atoms with E-state index in [1.165, 1.54) is 13.2 Å². The van der Waals surface area contributed by atoms with Crippen LogP contribution in [0.3, 0.4) is 0 Å². The van der Waals surface area contributed by atoms with Crippen molar-refractivity contribution in [2.45, 2.75) is 19.3 Å². The lowest BCUT2D eigenvalue weighted by molar-refractivity contribution is -0.137. The predicted molar refractivity (Wildman–Crippen MR) is 58.0 cm³/mol. The summed E-state index contributed by atoms with van der Waals surface area (Å²) in [6, 6.07) is 4.63. The Labute approximate surface area is 93.9 Å². The highest BCUT2D eigenvalue weighted by Gasteiger charge is 2.16. The highest BCUT2D eigenvalue weighted by atomic mass is 19.1. The molecule has 0 bridgehead atoms. The first kappa shape index (κ1) is 12.6. The number of carboxylic acid groups (broad SMARTS) is 1. The molecule has 1 N–H and O–H groups in total. The molecular formula is C12H15FO3. The maximum Gasteiger partial charge on any atom is 0.304 e. The van der Waals surface area contributed by atoms with Crippen molar-refractivity contribution in [3.05, 3.63) is 35.1 Å². The molecule has 0 spiro atoms. The molecule has 1 aromatic carbocycles. The number of methoxy groups -OCH3 is 1. The minimum Gasteiger partial charge on any atom is -0.481 e. The van der Waals surface area contributed by atoms with Gasteiger partial charge in [0.05, 0.1) is 13.0 Å². The largest absolute Gasteiger partial charge is 0.481 e. The van der Waals surface area contributed by atoms with E-state index >= 15 is 0 Å². The van der Waals surface area contributed by atoms with Gasteiger partial charge in [-0.1, -0.05) is 12.1 Å². The molecule has 16 heavy (non-hydrogen) atoms. The number of aliphatic carboxylic acids is 1. The second kappa shape index (κ2) is 5.61. The normalized spacial score (nSPS) is 12.4. The maximum atomic E-state index is 13.1. The van der Waals surface area contributed by atoms with E-state index in [0.29, 0.717) is 12.2 Å². The zero-order valence-electron chi connectivity index (χ0n) is 9.37. The minimum absolute atomic E-state index is 0.0150. The smallest absolute Gasteiger partial charge is 0.304 e. The molecule has 0 amide bonds. The van der Waals surface area contributed by atoms with Gasteiger partial charge in [0.2, 0.25) is 0 Å². The summed E-state index contributed by atoms with van der Waals surface area (Å²) in [7, 11) is 1.52. The Morgan fingerprint density at radius 1 is 1.56 bits per heavy atom. The Kier molecular flexibility index (Phi) is 4.43. The van der Waals surface area contributed by atoms with Crippen LogP contribution in [-0.4, -0.2) is 24.8 Å². The van der Waals surface area contributed by atoms with Gasteiger partial charge >= 0.3 is 5.97 Å². The number of halogens is 1. The predicted octanol–water partition coefficient (Wildman–Crippen LogP) is 2.34. The van der Waals surface area contributed by atoms with Gasteiger partial charge in [-0.2, -0.15) is 0 Å². The van der Waals surface area contributed by atoms with Gasteiger partial charge in [0.25, 0.3) is 0 Å². The Hall–Kier alpha value is -1.42. The molecule has 1 rings (SSSR count). The fourth-order valence-electron chi connectivity index (χ4n) is 1.61. The summed E-state index contributed by atoms with van der Waals surface area (Å²) in [5.41, 5.74) is 1.31. The number of ether oxygens (including phenoxy) is 1. The van der Waals surface area contributed by atoms with Crippen molar-refractivity contribution in [3.63, 3.8) is 0 Å². The number of carbonyl (C=O) groups is 1. The molecule has 0 aliphatic rings. The highest BCUT2D eigenvalue weighted by molar-refractivity contribution is 5.68. The number of benzene rings is 1. The van der Waals surface area contributed by atoms with Crippen LogP contribution in [0.5, 0.6) is 0 Å². The van der Waals surface area contributed by atoms with Gasteiger partial charge in [0.15, 0.2) is 0 Å². The molecule has 0 saturated carbocycles. The second-order valence-corrected chi connectivity index (χ2v) is 3.76. The molecule has 1 unspecified atom stereocenters.